The van der Waals surface area contributed by atoms with E-state index in [0.717, 1.165) is 0 Å². The first-order chi connectivity index (χ1) is 9.53. The summed E-state index contributed by atoms with van der Waals surface area (Å²) in [4.78, 5) is 23.4. The van der Waals surface area contributed by atoms with E-state index in [4.69, 9.17) is 14.7 Å². The maximum atomic E-state index is 11.8. The van der Waals surface area contributed by atoms with E-state index in [0.29, 0.717) is 16.9 Å². The van der Waals surface area contributed by atoms with Gasteiger partial charge in [-0.1, -0.05) is 6.07 Å². The number of rotatable bonds is 6. The SMILES string of the molecule is CCOC(=O)C(Cc1ccc(C#N)cc1OC)C(C)=O. The Hall–Kier alpha value is -2.35. The summed E-state index contributed by atoms with van der Waals surface area (Å²) in [5.74, 6) is -1.15. The van der Waals surface area contributed by atoms with Gasteiger partial charge in [-0.25, -0.2) is 0 Å². The molecule has 20 heavy (non-hydrogen) atoms. The minimum atomic E-state index is -0.850. The first kappa shape index (κ1) is 15.7. The lowest BCUT2D eigenvalue weighted by atomic mass is 9.95. The maximum absolute atomic E-state index is 11.8. The Balaban J connectivity index is 3.02. The molecule has 0 aromatic heterocycles. The number of ketones is 1. The van der Waals surface area contributed by atoms with Crippen molar-refractivity contribution in [3.8, 4) is 11.8 Å². The van der Waals surface area contributed by atoms with Gasteiger partial charge in [-0.3, -0.25) is 9.59 Å². The van der Waals surface area contributed by atoms with Crippen LogP contribution in [0, 0.1) is 17.2 Å². The second-order valence-electron chi connectivity index (χ2n) is 4.26. The number of ether oxygens (including phenoxy) is 2. The summed E-state index contributed by atoms with van der Waals surface area (Å²) in [5.41, 5.74) is 1.15. The Labute approximate surface area is 118 Å². The molecule has 1 rings (SSSR count). The normalized spacial score (nSPS) is 11.3. The number of hydrogen-bond donors (Lipinski definition) is 0. The van der Waals surface area contributed by atoms with E-state index in [1.54, 1.807) is 25.1 Å². The van der Waals surface area contributed by atoms with Gasteiger partial charge in [0.15, 0.2) is 0 Å². The molecule has 0 bridgehead atoms. The van der Waals surface area contributed by atoms with Crippen LogP contribution in [-0.2, 0) is 20.7 Å². The number of nitrogens with zero attached hydrogens (tertiary/aromatic N) is 1. The van der Waals surface area contributed by atoms with Crippen molar-refractivity contribution in [2.45, 2.75) is 20.3 Å². The van der Waals surface area contributed by atoms with Gasteiger partial charge in [0.05, 0.1) is 25.3 Å². The third-order valence-electron chi connectivity index (χ3n) is 2.90. The fourth-order valence-corrected chi connectivity index (χ4v) is 1.84. The van der Waals surface area contributed by atoms with Gasteiger partial charge in [0.25, 0.3) is 0 Å². The maximum Gasteiger partial charge on any atom is 0.316 e. The van der Waals surface area contributed by atoms with E-state index in [2.05, 4.69) is 0 Å². The molecular formula is C15H17NO4. The fraction of sp³-hybridized carbons (Fsp3) is 0.400. The van der Waals surface area contributed by atoms with Crippen molar-refractivity contribution in [3.05, 3.63) is 29.3 Å². The number of carbonyl (C=O) groups is 2. The molecule has 0 spiro atoms. The average molecular weight is 275 g/mol. The van der Waals surface area contributed by atoms with Crippen molar-refractivity contribution in [1.82, 2.24) is 0 Å². The molecule has 0 amide bonds. The largest absolute Gasteiger partial charge is 0.496 e. The molecule has 0 N–H and O–H groups in total. The Bertz CT molecular complexity index is 545. The van der Waals surface area contributed by atoms with Crippen LogP contribution in [0.3, 0.4) is 0 Å². The number of Topliss-reactive ketones (excluding diaryl/α,β-unsaturated/α-hetero) is 1. The highest BCUT2D eigenvalue weighted by Crippen LogP contribution is 2.24. The molecule has 0 fully saturated rings. The Morgan fingerprint density at radius 2 is 2.10 bits per heavy atom. The highest BCUT2D eigenvalue weighted by atomic mass is 16.5. The van der Waals surface area contributed by atoms with Gasteiger partial charge in [-0.2, -0.15) is 5.26 Å². The number of nitriles is 1. The van der Waals surface area contributed by atoms with E-state index < -0.39 is 11.9 Å². The number of esters is 1. The zero-order valence-electron chi connectivity index (χ0n) is 11.8. The molecule has 0 aliphatic heterocycles. The Kier molecular flexibility index (Phi) is 5.73. The molecule has 0 radical (unpaired) electrons. The van der Waals surface area contributed by atoms with Crippen LogP contribution in [0.1, 0.15) is 25.0 Å². The number of hydrogen-bond acceptors (Lipinski definition) is 5. The minimum Gasteiger partial charge on any atom is -0.496 e. The summed E-state index contributed by atoms with van der Waals surface area (Å²) in [6, 6.07) is 6.90. The van der Waals surface area contributed by atoms with E-state index in [-0.39, 0.29) is 18.8 Å². The van der Waals surface area contributed by atoms with Crippen LogP contribution in [0.15, 0.2) is 18.2 Å². The summed E-state index contributed by atoms with van der Waals surface area (Å²) >= 11 is 0. The predicted molar refractivity (Wildman–Crippen MR) is 72.2 cm³/mol. The molecule has 0 saturated heterocycles. The van der Waals surface area contributed by atoms with Gasteiger partial charge in [-0.05, 0) is 38.0 Å². The summed E-state index contributed by atoms with van der Waals surface area (Å²) < 4.78 is 10.1. The van der Waals surface area contributed by atoms with Crippen molar-refractivity contribution < 1.29 is 19.1 Å². The van der Waals surface area contributed by atoms with Gasteiger partial charge >= 0.3 is 5.97 Å². The fourth-order valence-electron chi connectivity index (χ4n) is 1.84. The van der Waals surface area contributed by atoms with Crippen LogP contribution in [0.25, 0.3) is 0 Å². The lowest BCUT2D eigenvalue weighted by Crippen LogP contribution is -2.26. The summed E-state index contributed by atoms with van der Waals surface area (Å²) in [6.07, 6.45) is 0.197. The van der Waals surface area contributed by atoms with Gasteiger partial charge in [0.1, 0.15) is 17.5 Å². The third kappa shape index (κ3) is 3.82. The summed E-state index contributed by atoms with van der Waals surface area (Å²) in [6.45, 7) is 3.28. The molecule has 5 heteroatoms. The van der Waals surface area contributed by atoms with Crippen LogP contribution in [0.2, 0.25) is 0 Å². The van der Waals surface area contributed by atoms with E-state index in [1.807, 2.05) is 6.07 Å². The zero-order chi connectivity index (χ0) is 15.1. The second-order valence-corrected chi connectivity index (χ2v) is 4.26. The van der Waals surface area contributed by atoms with Crippen LogP contribution in [-0.4, -0.2) is 25.5 Å². The Morgan fingerprint density at radius 1 is 1.40 bits per heavy atom. The van der Waals surface area contributed by atoms with Crippen molar-refractivity contribution in [2.75, 3.05) is 13.7 Å². The van der Waals surface area contributed by atoms with E-state index in [9.17, 15) is 9.59 Å². The lowest BCUT2D eigenvalue weighted by Gasteiger charge is -2.15. The van der Waals surface area contributed by atoms with Crippen molar-refractivity contribution >= 4 is 11.8 Å². The predicted octanol–water partition coefficient (Wildman–Crippen LogP) is 1.88. The third-order valence-corrected chi connectivity index (χ3v) is 2.90. The first-order valence-electron chi connectivity index (χ1n) is 6.27. The summed E-state index contributed by atoms with van der Waals surface area (Å²) in [7, 11) is 1.48. The highest BCUT2D eigenvalue weighted by molar-refractivity contribution is 5.98. The summed E-state index contributed by atoms with van der Waals surface area (Å²) in [5, 5.41) is 8.84. The molecule has 0 aliphatic rings. The molecule has 1 unspecified atom stereocenters. The standard InChI is InChI=1S/C15H17NO4/c1-4-20-15(18)13(10(2)17)8-12-6-5-11(9-16)7-14(12)19-3/h5-7,13H,4,8H2,1-3H3. The van der Waals surface area contributed by atoms with Gasteiger partial charge < -0.3 is 9.47 Å². The van der Waals surface area contributed by atoms with Crippen LogP contribution >= 0.6 is 0 Å². The van der Waals surface area contributed by atoms with E-state index >= 15 is 0 Å². The molecule has 0 heterocycles. The Morgan fingerprint density at radius 3 is 2.60 bits per heavy atom. The molecular weight excluding hydrogens is 258 g/mol. The van der Waals surface area contributed by atoms with Crippen LogP contribution in [0.4, 0.5) is 0 Å². The van der Waals surface area contributed by atoms with Gasteiger partial charge in [-0.15, -0.1) is 0 Å². The second kappa shape index (κ2) is 7.29. The minimum absolute atomic E-state index is 0.197. The molecule has 0 aliphatic carbocycles. The molecule has 1 aromatic carbocycles. The smallest absolute Gasteiger partial charge is 0.316 e. The molecule has 5 nitrogen and oxygen atoms in total. The molecule has 1 aromatic rings. The monoisotopic (exact) mass is 275 g/mol. The molecule has 0 saturated carbocycles. The van der Waals surface area contributed by atoms with Gasteiger partial charge in [0, 0.05) is 0 Å². The van der Waals surface area contributed by atoms with Crippen molar-refractivity contribution in [1.29, 1.82) is 5.26 Å². The van der Waals surface area contributed by atoms with Crippen LogP contribution in [0.5, 0.6) is 5.75 Å². The highest BCUT2D eigenvalue weighted by Gasteiger charge is 2.26. The molecule has 106 valence electrons. The topological polar surface area (TPSA) is 76.4 Å². The number of carbonyl (C=O) groups excluding carboxylic acids is 2. The average Bonchev–Trinajstić information content (AvgIpc) is 2.44. The molecule has 1 atom stereocenters. The van der Waals surface area contributed by atoms with E-state index in [1.165, 1.54) is 14.0 Å². The lowest BCUT2D eigenvalue weighted by molar-refractivity contribution is -0.151. The van der Waals surface area contributed by atoms with Gasteiger partial charge in [0.2, 0.25) is 0 Å². The number of benzene rings is 1. The van der Waals surface area contributed by atoms with Crippen LogP contribution < -0.4 is 4.74 Å². The zero-order valence-corrected chi connectivity index (χ0v) is 11.8. The number of methoxy groups -OCH3 is 1. The van der Waals surface area contributed by atoms with Crippen molar-refractivity contribution in [2.24, 2.45) is 5.92 Å². The first-order valence-corrected chi connectivity index (χ1v) is 6.27. The quantitative estimate of drug-likeness (QED) is 0.585. The van der Waals surface area contributed by atoms with Crippen molar-refractivity contribution in [3.63, 3.8) is 0 Å².